The average Bonchev–Trinajstić information content (AvgIpc) is 3.08. The number of halogens is 1. The third-order valence-electron chi connectivity index (χ3n) is 2.52. The smallest absolute Gasteiger partial charge is 0.237 e. The molecule has 0 aliphatic heterocycles. The number of rotatable bonds is 4. The third-order valence-corrected chi connectivity index (χ3v) is 5.36. The molecule has 0 spiro atoms. The van der Waals surface area contributed by atoms with E-state index in [9.17, 15) is 0 Å². The minimum absolute atomic E-state index is 0.613. The molecule has 2 N–H and O–H groups in total. The number of anilines is 1. The predicted octanol–water partition coefficient (Wildman–Crippen LogP) is 4.44. The van der Waals surface area contributed by atoms with Gasteiger partial charge in [-0.25, -0.2) is 0 Å². The molecule has 0 saturated heterocycles. The van der Waals surface area contributed by atoms with Gasteiger partial charge in [-0.2, -0.15) is 4.98 Å². The van der Waals surface area contributed by atoms with Crippen molar-refractivity contribution in [3.05, 3.63) is 46.1 Å². The highest BCUT2D eigenvalue weighted by atomic mass is 79.9. The lowest BCUT2D eigenvalue weighted by Crippen LogP contribution is -1.86. The van der Waals surface area contributed by atoms with E-state index >= 15 is 0 Å². The van der Waals surface area contributed by atoms with Crippen molar-refractivity contribution in [3.63, 3.8) is 0 Å². The monoisotopic (exact) mass is 367 g/mol. The zero-order valence-corrected chi connectivity index (χ0v) is 13.5. The van der Waals surface area contributed by atoms with Gasteiger partial charge in [-0.3, -0.25) is 0 Å². The molecule has 4 nitrogen and oxygen atoms in total. The Morgan fingerprint density at radius 1 is 1.35 bits per heavy atom. The predicted molar refractivity (Wildman–Crippen MR) is 85.7 cm³/mol. The summed E-state index contributed by atoms with van der Waals surface area (Å²) in [6.07, 6.45) is 0. The highest BCUT2D eigenvalue weighted by Crippen LogP contribution is 2.31. The molecule has 0 atom stereocenters. The average molecular weight is 368 g/mol. The molecule has 2 heterocycles. The van der Waals surface area contributed by atoms with Gasteiger partial charge in [0, 0.05) is 15.1 Å². The number of aromatic nitrogens is 2. The summed E-state index contributed by atoms with van der Waals surface area (Å²) in [6.45, 7) is 0. The van der Waals surface area contributed by atoms with E-state index in [0.29, 0.717) is 17.5 Å². The first-order chi connectivity index (χ1) is 9.72. The normalized spacial score (nSPS) is 10.8. The maximum Gasteiger partial charge on any atom is 0.237 e. The van der Waals surface area contributed by atoms with Gasteiger partial charge in [-0.15, -0.1) is 23.1 Å². The summed E-state index contributed by atoms with van der Waals surface area (Å²) in [4.78, 5) is 6.49. The number of benzene rings is 1. The van der Waals surface area contributed by atoms with Crippen molar-refractivity contribution >= 4 is 44.7 Å². The molecule has 3 aromatic rings. The maximum absolute atomic E-state index is 5.71. The second-order valence-electron chi connectivity index (χ2n) is 3.97. The molecule has 0 fully saturated rings. The van der Waals surface area contributed by atoms with Crippen LogP contribution in [0.3, 0.4) is 0 Å². The second-order valence-corrected chi connectivity index (χ2v) is 6.79. The van der Waals surface area contributed by atoms with Crippen LogP contribution in [0.25, 0.3) is 10.7 Å². The quantitative estimate of drug-likeness (QED) is 0.545. The number of nitrogen functional groups attached to an aromatic ring is 1. The molecule has 20 heavy (non-hydrogen) atoms. The molecule has 0 radical (unpaired) electrons. The minimum atomic E-state index is 0.613. The Morgan fingerprint density at radius 3 is 3.00 bits per heavy atom. The first-order valence-corrected chi connectivity index (χ1v) is 8.42. The van der Waals surface area contributed by atoms with Gasteiger partial charge in [0.15, 0.2) is 0 Å². The molecule has 1 aromatic carbocycles. The zero-order chi connectivity index (χ0) is 13.9. The van der Waals surface area contributed by atoms with Crippen LogP contribution in [0.5, 0.6) is 0 Å². The molecular weight excluding hydrogens is 358 g/mol. The number of nitrogens with zero attached hydrogens (tertiary/aromatic N) is 2. The van der Waals surface area contributed by atoms with E-state index in [4.69, 9.17) is 10.3 Å². The molecule has 0 aliphatic carbocycles. The lowest BCUT2D eigenvalue weighted by atomic mass is 10.3. The summed E-state index contributed by atoms with van der Waals surface area (Å²) in [5, 5.41) is 5.98. The largest absolute Gasteiger partial charge is 0.399 e. The van der Waals surface area contributed by atoms with Crippen molar-refractivity contribution in [3.8, 4) is 10.7 Å². The Bertz CT molecular complexity index is 712. The van der Waals surface area contributed by atoms with Gasteiger partial charge >= 0.3 is 0 Å². The van der Waals surface area contributed by atoms with Gasteiger partial charge in [-0.1, -0.05) is 11.2 Å². The van der Waals surface area contributed by atoms with Crippen molar-refractivity contribution in [1.29, 1.82) is 0 Å². The van der Waals surface area contributed by atoms with Crippen molar-refractivity contribution in [2.75, 3.05) is 5.73 Å². The van der Waals surface area contributed by atoms with Crippen molar-refractivity contribution in [2.45, 2.75) is 10.6 Å². The van der Waals surface area contributed by atoms with Crippen LogP contribution >= 0.6 is 39.0 Å². The molecule has 102 valence electrons. The first kappa shape index (κ1) is 13.7. The number of thioether (sulfide) groups is 1. The summed E-state index contributed by atoms with van der Waals surface area (Å²) in [7, 11) is 0. The van der Waals surface area contributed by atoms with Crippen LogP contribution in [0.1, 0.15) is 5.89 Å². The van der Waals surface area contributed by atoms with Crippen LogP contribution < -0.4 is 5.73 Å². The molecule has 0 amide bonds. The first-order valence-electron chi connectivity index (χ1n) is 5.76. The van der Waals surface area contributed by atoms with E-state index in [0.717, 1.165) is 19.9 Å². The van der Waals surface area contributed by atoms with Gasteiger partial charge in [0.25, 0.3) is 0 Å². The molecule has 3 rings (SSSR count). The highest BCUT2D eigenvalue weighted by Gasteiger charge is 2.10. The standard InChI is InChI=1S/C13H10BrN3OS2/c14-9-6-8(15)3-4-10(9)20-7-12-16-13(17-18-12)11-2-1-5-19-11/h1-6H,7,15H2. The lowest BCUT2D eigenvalue weighted by Gasteiger charge is -2.02. The zero-order valence-electron chi connectivity index (χ0n) is 10.2. The van der Waals surface area contributed by atoms with E-state index in [2.05, 4.69) is 26.1 Å². The third kappa shape index (κ3) is 3.05. The maximum atomic E-state index is 5.71. The Hall–Kier alpha value is -1.31. The highest BCUT2D eigenvalue weighted by molar-refractivity contribution is 9.10. The Balaban J connectivity index is 1.70. The Kier molecular flexibility index (Phi) is 4.09. The van der Waals surface area contributed by atoms with E-state index in [1.165, 1.54) is 0 Å². The van der Waals surface area contributed by atoms with Crippen LogP contribution in [0.2, 0.25) is 0 Å². The molecule has 0 bridgehead atoms. The fraction of sp³-hybridized carbons (Fsp3) is 0.0769. The topological polar surface area (TPSA) is 64.9 Å². The fourth-order valence-corrected chi connectivity index (χ4v) is 3.74. The fourth-order valence-electron chi connectivity index (χ4n) is 1.59. The number of nitrogens with two attached hydrogens (primary N) is 1. The van der Waals surface area contributed by atoms with Gasteiger partial charge in [-0.05, 0) is 45.6 Å². The molecule has 0 aliphatic rings. The summed E-state index contributed by atoms with van der Waals surface area (Å²) >= 11 is 6.71. The van der Waals surface area contributed by atoms with Gasteiger partial charge in [0.05, 0.1) is 10.6 Å². The van der Waals surface area contributed by atoms with Crippen molar-refractivity contribution < 1.29 is 4.52 Å². The summed E-state index contributed by atoms with van der Waals surface area (Å²) < 4.78 is 6.23. The van der Waals surface area contributed by atoms with Crippen LogP contribution in [0, 0.1) is 0 Å². The van der Waals surface area contributed by atoms with E-state index in [-0.39, 0.29) is 0 Å². The molecule has 7 heteroatoms. The van der Waals surface area contributed by atoms with Crippen molar-refractivity contribution in [2.24, 2.45) is 0 Å². The molecule has 2 aromatic heterocycles. The summed E-state index contributed by atoms with van der Waals surface area (Å²) in [5.41, 5.74) is 6.45. The van der Waals surface area contributed by atoms with Gasteiger partial charge in [0.2, 0.25) is 11.7 Å². The lowest BCUT2D eigenvalue weighted by molar-refractivity contribution is 0.392. The Morgan fingerprint density at radius 2 is 2.25 bits per heavy atom. The molecular formula is C13H10BrN3OS2. The molecule has 0 saturated carbocycles. The number of hydrogen-bond donors (Lipinski definition) is 1. The van der Waals surface area contributed by atoms with Crippen LogP contribution in [0.15, 0.2) is 49.6 Å². The van der Waals surface area contributed by atoms with E-state index < -0.39 is 0 Å². The molecule has 0 unspecified atom stereocenters. The Labute approximate surface area is 132 Å². The van der Waals surface area contributed by atoms with Crippen molar-refractivity contribution in [1.82, 2.24) is 10.1 Å². The van der Waals surface area contributed by atoms with Crippen LogP contribution in [-0.4, -0.2) is 10.1 Å². The van der Waals surface area contributed by atoms with Crippen LogP contribution in [0.4, 0.5) is 5.69 Å². The van der Waals surface area contributed by atoms with Gasteiger partial charge < -0.3 is 10.3 Å². The summed E-state index contributed by atoms with van der Waals surface area (Å²) in [6, 6.07) is 9.67. The van der Waals surface area contributed by atoms with E-state index in [1.807, 2.05) is 35.7 Å². The second kappa shape index (κ2) is 5.99. The minimum Gasteiger partial charge on any atom is -0.399 e. The SMILES string of the molecule is Nc1ccc(SCc2nc(-c3cccs3)no2)c(Br)c1. The van der Waals surface area contributed by atoms with E-state index in [1.54, 1.807) is 23.1 Å². The number of hydrogen-bond acceptors (Lipinski definition) is 6. The van der Waals surface area contributed by atoms with Crippen LogP contribution in [-0.2, 0) is 5.75 Å². The summed E-state index contributed by atoms with van der Waals surface area (Å²) in [5.74, 6) is 1.88. The van der Waals surface area contributed by atoms with Gasteiger partial charge in [0.1, 0.15) is 0 Å². The number of thiophene rings is 1.